The van der Waals surface area contributed by atoms with E-state index in [1.807, 2.05) is 0 Å². The van der Waals surface area contributed by atoms with Crippen LogP contribution < -0.4 is 10.1 Å². The summed E-state index contributed by atoms with van der Waals surface area (Å²) in [6.07, 6.45) is 1.52. The van der Waals surface area contributed by atoms with Crippen molar-refractivity contribution >= 4 is 0 Å². The van der Waals surface area contributed by atoms with Crippen molar-refractivity contribution in [2.45, 2.75) is 20.4 Å². The van der Waals surface area contributed by atoms with Crippen molar-refractivity contribution in [1.29, 1.82) is 0 Å². The van der Waals surface area contributed by atoms with Crippen LogP contribution in [0.4, 0.5) is 4.39 Å². The van der Waals surface area contributed by atoms with E-state index in [2.05, 4.69) is 24.1 Å². The van der Waals surface area contributed by atoms with E-state index in [-0.39, 0.29) is 5.82 Å². The highest BCUT2D eigenvalue weighted by Gasteiger charge is 2.16. The van der Waals surface area contributed by atoms with E-state index in [1.54, 1.807) is 12.1 Å². The number of benzene rings is 1. The molecule has 4 nitrogen and oxygen atoms in total. The van der Waals surface area contributed by atoms with Crippen molar-refractivity contribution in [1.82, 2.24) is 10.3 Å². The molecule has 0 fully saturated rings. The molecule has 5 heteroatoms. The van der Waals surface area contributed by atoms with Crippen LogP contribution in [0.5, 0.6) is 5.75 Å². The Morgan fingerprint density at radius 1 is 1.40 bits per heavy atom. The van der Waals surface area contributed by atoms with Crippen molar-refractivity contribution in [2.75, 3.05) is 13.7 Å². The Labute approximate surface area is 118 Å². The second-order valence-electron chi connectivity index (χ2n) is 4.96. The third-order valence-corrected chi connectivity index (χ3v) is 2.82. The molecule has 0 aliphatic rings. The number of hydrogen-bond acceptors (Lipinski definition) is 4. The maximum atomic E-state index is 13.9. The highest BCUT2D eigenvalue weighted by molar-refractivity contribution is 5.65. The van der Waals surface area contributed by atoms with Gasteiger partial charge in [-0.1, -0.05) is 19.9 Å². The van der Waals surface area contributed by atoms with Crippen LogP contribution in [-0.2, 0) is 6.54 Å². The molecule has 0 saturated carbocycles. The monoisotopic (exact) mass is 278 g/mol. The predicted molar refractivity (Wildman–Crippen MR) is 75.0 cm³/mol. The predicted octanol–water partition coefficient (Wildman–Crippen LogP) is 3.23. The van der Waals surface area contributed by atoms with Crippen molar-refractivity contribution in [3.05, 3.63) is 36.1 Å². The first kappa shape index (κ1) is 14.5. The summed E-state index contributed by atoms with van der Waals surface area (Å²) in [6, 6.07) is 4.66. The third-order valence-electron chi connectivity index (χ3n) is 2.82. The number of nitrogens with zero attached hydrogens (tertiary/aromatic N) is 1. The largest absolute Gasteiger partial charge is 0.496 e. The molecule has 0 amide bonds. The smallest absolute Gasteiger partial charge is 0.208 e. The van der Waals surface area contributed by atoms with Crippen LogP contribution in [-0.4, -0.2) is 18.6 Å². The first-order chi connectivity index (χ1) is 9.61. The second-order valence-corrected chi connectivity index (χ2v) is 4.96. The number of rotatable bonds is 6. The van der Waals surface area contributed by atoms with Gasteiger partial charge in [0.1, 0.15) is 11.6 Å². The average Bonchev–Trinajstić information content (AvgIpc) is 2.86. The van der Waals surface area contributed by atoms with Crippen LogP contribution in [0, 0.1) is 11.7 Å². The van der Waals surface area contributed by atoms with Gasteiger partial charge < -0.3 is 14.5 Å². The average molecular weight is 278 g/mol. The lowest BCUT2D eigenvalue weighted by Gasteiger charge is -2.06. The van der Waals surface area contributed by atoms with Gasteiger partial charge in [0.05, 0.1) is 25.4 Å². The molecular weight excluding hydrogens is 259 g/mol. The molecule has 0 atom stereocenters. The summed E-state index contributed by atoms with van der Waals surface area (Å²) in [4.78, 5) is 4.15. The molecule has 2 rings (SSSR count). The van der Waals surface area contributed by atoms with Crippen LogP contribution in [0.3, 0.4) is 0 Å². The zero-order valence-electron chi connectivity index (χ0n) is 11.9. The van der Waals surface area contributed by atoms with Crippen molar-refractivity contribution < 1.29 is 13.5 Å². The Bertz CT molecular complexity index is 567. The molecule has 20 heavy (non-hydrogen) atoms. The Hall–Kier alpha value is -1.88. The van der Waals surface area contributed by atoms with Crippen LogP contribution >= 0.6 is 0 Å². The minimum Gasteiger partial charge on any atom is -0.496 e. The highest BCUT2D eigenvalue weighted by Crippen LogP contribution is 2.32. The van der Waals surface area contributed by atoms with Crippen LogP contribution in [0.15, 0.2) is 28.8 Å². The maximum Gasteiger partial charge on any atom is 0.208 e. The molecule has 0 bridgehead atoms. The van der Waals surface area contributed by atoms with E-state index in [4.69, 9.17) is 9.15 Å². The van der Waals surface area contributed by atoms with E-state index >= 15 is 0 Å². The first-order valence-corrected chi connectivity index (χ1v) is 6.60. The molecule has 2 aromatic rings. The lowest BCUT2D eigenvalue weighted by atomic mass is 10.1. The molecule has 1 N–H and O–H groups in total. The Morgan fingerprint density at radius 2 is 2.20 bits per heavy atom. The van der Waals surface area contributed by atoms with Gasteiger partial charge in [-0.2, -0.15) is 0 Å². The molecule has 1 aromatic heterocycles. The van der Waals surface area contributed by atoms with Gasteiger partial charge >= 0.3 is 0 Å². The van der Waals surface area contributed by atoms with Gasteiger partial charge in [-0.25, -0.2) is 9.37 Å². The lowest BCUT2D eigenvalue weighted by molar-refractivity contribution is 0.409. The number of halogens is 1. The van der Waals surface area contributed by atoms with Gasteiger partial charge in [-0.05, 0) is 24.6 Å². The summed E-state index contributed by atoms with van der Waals surface area (Å²) in [5.74, 6) is 1.51. The van der Waals surface area contributed by atoms with Gasteiger partial charge in [0.15, 0.2) is 5.76 Å². The van der Waals surface area contributed by atoms with Crippen LogP contribution in [0.1, 0.15) is 19.7 Å². The Morgan fingerprint density at radius 3 is 2.90 bits per heavy atom. The van der Waals surface area contributed by atoms with Gasteiger partial charge in [0.25, 0.3) is 0 Å². The number of aromatic nitrogens is 1. The Balaban J connectivity index is 2.16. The molecule has 0 spiro atoms. The van der Waals surface area contributed by atoms with Gasteiger partial charge in [-0.15, -0.1) is 0 Å². The molecule has 0 aliphatic carbocycles. The SMILES string of the molecule is COc1cccc(F)c1-c1cnc(CNCC(C)C)o1. The van der Waals surface area contributed by atoms with Gasteiger partial charge in [-0.3, -0.25) is 0 Å². The molecule has 0 unspecified atom stereocenters. The summed E-state index contributed by atoms with van der Waals surface area (Å²) in [5, 5.41) is 3.23. The number of methoxy groups -OCH3 is 1. The minimum atomic E-state index is -0.387. The molecule has 1 aromatic carbocycles. The van der Waals surface area contributed by atoms with Gasteiger partial charge in [0, 0.05) is 0 Å². The summed E-state index contributed by atoms with van der Waals surface area (Å²) in [5.41, 5.74) is 0.303. The fourth-order valence-corrected chi connectivity index (χ4v) is 1.89. The summed E-state index contributed by atoms with van der Waals surface area (Å²) < 4.78 is 24.6. The topological polar surface area (TPSA) is 47.3 Å². The number of ether oxygens (including phenoxy) is 1. The molecule has 0 aliphatic heterocycles. The van der Waals surface area contributed by atoms with E-state index in [0.717, 1.165) is 6.54 Å². The quantitative estimate of drug-likeness (QED) is 0.881. The summed E-state index contributed by atoms with van der Waals surface area (Å²) >= 11 is 0. The molecule has 108 valence electrons. The van der Waals surface area contributed by atoms with Crippen molar-refractivity contribution in [3.8, 4) is 17.1 Å². The molecular formula is C15H19FN2O2. The fourth-order valence-electron chi connectivity index (χ4n) is 1.89. The van der Waals surface area contributed by atoms with E-state index in [0.29, 0.717) is 35.4 Å². The van der Waals surface area contributed by atoms with E-state index in [9.17, 15) is 4.39 Å². The standard InChI is InChI=1S/C15H19FN2O2/c1-10(2)7-17-9-14-18-8-13(20-14)15-11(16)5-4-6-12(15)19-3/h4-6,8,10,17H,7,9H2,1-3H3. The number of oxazole rings is 1. The van der Waals surface area contributed by atoms with E-state index in [1.165, 1.54) is 19.4 Å². The Kier molecular flexibility index (Phi) is 4.74. The number of nitrogens with one attached hydrogen (secondary N) is 1. The summed E-state index contributed by atoms with van der Waals surface area (Å²) in [7, 11) is 1.50. The molecule has 1 heterocycles. The van der Waals surface area contributed by atoms with Crippen LogP contribution in [0.2, 0.25) is 0 Å². The van der Waals surface area contributed by atoms with Crippen LogP contribution in [0.25, 0.3) is 11.3 Å². The molecule has 0 radical (unpaired) electrons. The third kappa shape index (κ3) is 3.36. The number of hydrogen-bond donors (Lipinski definition) is 1. The minimum absolute atomic E-state index is 0.303. The maximum absolute atomic E-state index is 13.9. The fraction of sp³-hybridized carbons (Fsp3) is 0.400. The zero-order chi connectivity index (χ0) is 14.5. The zero-order valence-corrected chi connectivity index (χ0v) is 11.9. The summed E-state index contributed by atoms with van der Waals surface area (Å²) in [6.45, 7) is 5.64. The highest BCUT2D eigenvalue weighted by atomic mass is 19.1. The molecule has 0 saturated heterocycles. The normalized spacial score (nSPS) is 11.1. The van der Waals surface area contributed by atoms with Gasteiger partial charge in [0.2, 0.25) is 5.89 Å². The lowest BCUT2D eigenvalue weighted by Crippen LogP contribution is -2.18. The van der Waals surface area contributed by atoms with Crippen molar-refractivity contribution in [2.24, 2.45) is 5.92 Å². The first-order valence-electron chi connectivity index (χ1n) is 6.60. The second kappa shape index (κ2) is 6.52. The van der Waals surface area contributed by atoms with E-state index < -0.39 is 0 Å². The van der Waals surface area contributed by atoms with Crippen molar-refractivity contribution in [3.63, 3.8) is 0 Å².